The van der Waals surface area contributed by atoms with Crippen LogP contribution < -0.4 is 25.8 Å². The van der Waals surface area contributed by atoms with Crippen LogP contribution >= 0.6 is 0 Å². The molecule has 1 fully saturated rings. The Labute approximate surface area is 246 Å². The second-order valence-corrected chi connectivity index (χ2v) is 10.3. The van der Waals surface area contributed by atoms with E-state index in [2.05, 4.69) is 20.4 Å². The first-order valence-electron chi connectivity index (χ1n) is 14.1. The van der Waals surface area contributed by atoms with Crippen molar-refractivity contribution in [2.24, 2.45) is 5.73 Å². The molecule has 0 aliphatic heterocycles. The van der Waals surface area contributed by atoms with Crippen LogP contribution in [-0.2, 0) is 11.3 Å². The van der Waals surface area contributed by atoms with E-state index in [1.807, 2.05) is 0 Å². The highest BCUT2D eigenvalue weighted by Gasteiger charge is 2.25. The number of alkyl halides is 2. The Morgan fingerprint density at radius 1 is 1.09 bits per heavy atom. The van der Waals surface area contributed by atoms with Gasteiger partial charge in [0.2, 0.25) is 11.8 Å². The predicted molar refractivity (Wildman–Crippen MR) is 148 cm³/mol. The first kappa shape index (κ1) is 31.8. The molecule has 4 N–H and O–H groups in total. The van der Waals surface area contributed by atoms with E-state index in [9.17, 15) is 27.2 Å². The van der Waals surface area contributed by atoms with Gasteiger partial charge in [-0.25, -0.2) is 13.8 Å². The molecule has 1 aliphatic rings. The second kappa shape index (κ2) is 14.9. The van der Waals surface area contributed by atoms with Gasteiger partial charge in [0.15, 0.2) is 23.0 Å². The monoisotopic (exact) mass is 606 g/mol. The maximum atomic E-state index is 14.0. The van der Waals surface area contributed by atoms with Crippen molar-refractivity contribution in [2.75, 3.05) is 6.61 Å². The first-order valence-corrected chi connectivity index (χ1v) is 14.1. The Kier molecular flexibility index (Phi) is 11.0. The lowest BCUT2D eigenvalue weighted by Gasteiger charge is -2.14. The molecule has 0 bridgehead atoms. The Morgan fingerprint density at radius 3 is 2.56 bits per heavy atom. The molecule has 1 atom stereocenters. The van der Waals surface area contributed by atoms with Gasteiger partial charge < -0.3 is 30.3 Å². The van der Waals surface area contributed by atoms with Crippen molar-refractivity contribution in [2.45, 2.75) is 77.1 Å². The van der Waals surface area contributed by atoms with Crippen LogP contribution in [0.2, 0.25) is 0 Å². The number of carbonyl (C=O) groups is 2. The molecule has 0 saturated heterocycles. The Balaban J connectivity index is 1.43. The topological polar surface area (TPSA) is 129 Å². The van der Waals surface area contributed by atoms with E-state index in [0.717, 1.165) is 31.7 Å². The van der Waals surface area contributed by atoms with Gasteiger partial charge in [0.1, 0.15) is 11.6 Å². The molecular formula is C30H34F4N4O5. The summed E-state index contributed by atoms with van der Waals surface area (Å²) >= 11 is 0. The van der Waals surface area contributed by atoms with E-state index in [1.165, 1.54) is 24.3 Å². The molecule has 232 valence electrons. The minimum atomic E-state index is -3.10. The molecule has 9 nitrogen and oxygen atoms in total. The van der Waals surface area contributed by atoms with Crippen LogP contribution in [-0.4, -0.2) is 36.1 Å². The zero-order chi connectivity index (χ0) is 30.9. The Morgan fingerprint density at radius 2 is 1.86 bits per heavy atom. The number of amides is 2. The number of oxazole rings is 1. The van der Waals surface area contributed by atoms with Gasteiger partial charge in [0.05, 0.1) is 12.6 Å². The molecular weight excluding hydrogens is 572 g/mol. The molecule has 1 aromatic heterocycles. The second-order valence-electron chi connectivity index (χ2n) is 10.3. The maximum Gasteiger partial charge on any atom is 0.387 e. The van der Waals surface area contributed by atoms with Crippen molar-refractivity contribution < 1.29 is 41.0 Å². The van der Waals surface area contributed by atoms with E-state index >= 15 is 0 Å². The van der Waals surface area contributed by atoms with Crippen LogP contribution in [0.1, 0.15) is 79.7 Å². The van der Waals surface area contributed by atoms with Gasteiger partial charge >= 0.3 is 6.61 Å². The molecule has 43 heavy (non-hydrogen) atoms. The van der Waals surface area contributed by atoms with E-state index in [1.54, 1.807) is 6.92 Å². The lowest BCUT2D eigenvalue weighted by atomic mass is 10.2. The van der Waals surface area contributed by atoms with Crippen molar-refractivity contribution in [1.82, 2.24) is 15.6 Å². The summed E-state index contributed by atoms with van der Waals surface area (Å²) in [5, 5.41) is 5.53. The number of carbonyl (C=O) groups excluding carboxylic acids is 2. The standard InChI is InChI=1S/C30H34F4N4O5/c1-17(35)27-26(28(40)36-16-19-9-11-20(31)15-22(19)32)38-29(43-27)18-10-12-23(42-30(33)34)24(14-18)41-13-5-4-8-25(39)37-21-6-2-3-7-21/h9-12,14-15,17,21,30H,2-8,13,16,35H2,1H3,(H,36,40)(H,37,39)/t17-/m0/s1. The predicted octanol–water partition coefficient (Wildman–Crippen LogP) is 5.78. The molecule has 0 unspecified atom stereocenters. The summed E-state index contributed by atoms with van der Waals surface area (Å²) in [5.41, 5.74) is 6.19. The van der Waals surface area contributed by atoms with E-state index < -0.39 is 30.2 Å². The zero-order valence-corrected chi connectivity index (χ0v) is 23.6. The van der Waals surface area contributed by atoms with Gasteiger partial charge in [-0.2, -0.15) is 8.78 Å². The van der Waals surface area contributed by atoms with Crippen LogP contribution in [0.15, 0.2) is 40.8 Å². The smallest absolute Gasteiger partial charge is 0.387 e. The number of nitrogens with zero attached hydrogens (tertiary/aromatic N) is 1. The number of hydrogen-bond acceptors (Lipinski definition) is 7. The summed E-state index contributed by atoms with van der Waals surface area (Å²) in [4.78, 5) is 29.3. The van der Waals surface area contributed by atoms with Gasteiger partial charge in [-0.15, -0.1) is 0 Å². The van der Waals surface area contributed by atoms with Crippen molar-refractivity contribution in [1.29, 1.82) is 0 Å². The average Bonchev–Trinajstić information content (AvgIpc) is 3.63. The highest BCUT2D eigenvalue weighted by molar-refractivity contribution is 5.94. The van der Waals surface area contributed by atoms with E-state index in [4.69, 9.17) is 14.9 Å². The maximum absolute atomic E-state index is 14.0. The lowest BCUT2D eigenvalue weighted by molar-refractivity contribution is -0.121. The third-order valence-electron chi connectivity index (χ3n) is 6.92. The van der Waals surface area contributed by atoms with E-state index in [-0.39, 0.29) is 65.1 Å². The molecule has 1 saturated carbocycles. The number of unbranched alkanes of at least 4 members (excludes halogenated alkanes) is 1. The highest BCUT2D eigenvalue weighted by atomic mass is 19.3. The largest absolute Gasteiger partial charge is 0.490 e. The van der Waals surface area contributed by atoms with Crippen molar-refractivity contribution in [3.63, 3.8) is 0 Å². The van der Waals surface area contributed by atoms with Crippen LogP contribution in [0, 0.1) is 11.6 Å². The van der Waals surface area contributed by atoms with Crippen molar-refractivity contribution in [3.05, 3.63) is 65.1 Å². The summed E-state index contributed by atoms with van der Waals surface area (Å²) in [6, 6.07) is 6.52. The number of nitrogens with one attached hydrogen (secondary N) is 2. The fourth-order valence-corrected chi connectivity index (χ4v) is 4.74. The number of ether oxygens (including phenoxy) is 2. The SMILES string of the molecule is C[C@H](N)c1oc(-c2ccc(OC(F)F)c(OCCCCC(=O)NC3CCCC3)c2)nc1C(=O)NCc1ccc(F)cc1F. The molecule has 1 aliphatic carbocycles. The molecule has 0 spiro atoms. The van der Waals surface area contributed by atoms with Gasteiger partial charge in [-0.1, -0.05) is 18.9 Å². The number of aromatic nitrogens is 1. The van der Waals surface area contributed by atoms with E-state index in [0.29, 0.717) is 25.3 Å². The van der Waals surface area contributed by atoms with Crippen LogP contribution in [0.3, 0.4) is 0 Å². The third kappa shape index (κ3) is 8.93. The minimum absolute atomic E-state index is 0.00783. The van der Waals surface area contributed by atoms with Crippen LogP contribution in [0.5, 0.6) is 11.5 Å². The third-order valence-corrected chi connectivity index (χ3v) is 6.92. The molecule has 0 radical (unpaired) electrons. The molecule has 2 amide bonds. The van der Waals surface area contributed by atoms with Crippen molar-refractivity contribution in [3.8, 4) is 23.0 Å². The highest BCUT2D eigenvalue weighted by Crippen LogP contribution is 2.35. The summed E-state index contributed by atoms with van der Waals surface area (Å²) < 4.78 is 69.4. The molecule has 3 aromatic rings. The molecule has 13 heteroatoms. The fourth-order valence-electron chi connectivity index (χ4n) is 4.74. The van der Waals surface area contributed by atoms with Gasteiger partial charge in [0.25, 0.3) is 5.91 Å². The summed E-state index contributed by atoms with van der Waals surface area (Å²) in [5.74, 6) is -2.52. The number of rotatable bonds is 14. The number of halogens is 4. The Bertz CT molecular complexity index is 1410. The minimum Gasteiger partial charge on any atom is -0.490 e. The van der Waals surface area contributed by atoms with Crippen LogP contribution in [0.4, 0.5) is 17.6 Å². The Hall–Kier alpha value is -4.13. The summed E-state index contributed by atoms with van der Waals surface area (Å²) in [7, 11) is 0. The lowest BCUT2D eigenvalue weighted by Crippen LogP contribution is -2.32. The number of nitrogens with two attached hydrogens (primary N) is 1. The normalized spacial score (nSPS) is 14.1. The van der Waals surface area contributed by atoms with Gasteiger partial charge in [0, 0.05) is 36.2 Å². The summed E-state index contributed by atoms with van der Waals surface area (Å²) in [6.07, 6.45) is 5.59. The van der Waals surface area contributed by atoms with Crippen LogP contribution in [0.25, 0.3) is 11.5 Å². The zero-order valence-electron chi connectivity index (χ0n) is 23.6. The first-order chi connectivity index (χ1) is 20.6. The van der Waals surface area contributed by atoms with Gasteiger partial charge in [-0.3, -0.25) is 9.59 Å². The van der Waals surface area contributed by atoms with Gasteiger partial charge in [-0.05, 0) is 56.9 Å². The summed E-state index contributed by atoms with van der Waals surface area (Å²) in [6.45, 7) is -1.64. The number of hydrogen-bond donors (Lipinski definition) is 3. The quantitative estimate of drug-likeness (QED) is 0.157. The molecule has 2 aromatic carbocycles. The van der Waals surface area contributed by atoms with Crippen molar-refractivity contribution >= 4 is 11.8 Å². The molecule has 4 rings (SSSR count). The number of benzene rings is 2. The fraction of sp³-hybridized carbons (Fsp3) is 0.433. The average molecular weight is 607 g/mol. The molecule has 1 heterocycles.